The Hall–Kier alpha value is -2.57. The average molecular weight is 264 g/mol. The quantitative estimate of drug-likeness (QED) is 0.754. The predicted molar refractivity (Wildman–Crippen MR) is 65.4 cm³/mol. The molecule has 1 aromatic rings. The highest BCUT2D eigenvalue weighted by atomic mass is 16.5. The van der Waals surface area contributed by atoms with Gasteiger partial charge in [-0.1, -0.05) is 0 Å². The Bertz CT molecular complexity index is 555. The van der Waals surface area contributed by atoms with Crippen molar-refractivity contribution in [3.05, 3.63) is 17.7 Å². The number of carbonyl (C=O) groups excluding carboxylic acids is 3. The van der Waals surface area contributed by atoms with Crippen molar-refractivity contribution in [2.75, 3.05) is 25.2 Å². The first-order valence-corrected chi connectivity index (χ1v) is 5.45. The Morgan fingerprint density at radius 2 is 2.32 bits per heavy atom. The summed E-state index contributed by atoms with van der Waals surface area (Å²) in [5.74, 6) is -0.427. The number of aldehydes is 1. The number of hydrogen-bond acceptors (Lipinski definition) is 5. The van der Waals surface area contributed by atoms with E-state index in [-0.39, 0.29) is 13.2 Å². The first kappa shape index (κ1) is 12.9. The van der Waals surface area contributed by atoms with E-state index in [2.05, 4.69) is 0 Å². The van der Waals surface area contributed by atoms with Crippen LogP contribution >= 0.6 is 0 Å². The molecule has 0 aromatic heterocycles. The standard InChI is InChI=1S/C12H12N2O5/c1-18-9-3-7(5-15)2-8-12(9)19-6-11(17)14(8)4-10(13)16/h2-3,5H,4,6H2,1H3,(H2,13,16). The summed E-state index contributed by atoms with van der Waals surface area (Å²) in [4.78, 5) is 34.8. The van der Waals surface area contributed by atoms with Gasteiger partial charge in [0.15, 0.2) is 18.1 Å². The van der Waals surface area contributed by atoms with E-state index in [0.29, 0.717) is 29.0 Å². The number of hydrogen-bond donors (Lipinski definition) is 1. The fourth-order valence-electron chi connectivity index (χ4n) is 1.85. The van der Waals surface area contributed by atoms with Crippen molar-refractivity contribution in [1.82, 2.24) is 0 Å². The highest BCUT2D eigenvalue weighted by Gasteiger charge is 2.29. The van der Waals surface area contributed by atoms with Crippen LogP contribution < -0.4 is 20.1 Å². The van der Waals surface area contributed by atoms with Crippen molar-refractivity contribution in [3.8, 4) is 11.5 Å². The molecule has 2 rings (SSSR count). The molecule has 1 aliphatic rings. The van der Waals surface area contributed by atoms with Gasteiger partial charge >= 0.3 is 0 Å². The minimum absolute atomic E-state index is 0.211. The molecule has 1 aliphatic heterocycles. The largest absolute Gasteiger partial charge is 0.493 e. The van der Waals surface area contributed by atoms with Crippen LogP contribution in [0.15, 0.2) is 12.1 Å². The first-order chi connectivity index (χ1) is 9.06. The van der Waals surface area contributed by atoms with E-state index in [1.165, 1.54) is 24.1 Å². The predicted octanol–water partition coefficient (Wildman–Crippen LogP) is -0.282. The molecule has 0 saturated carbocycles. The summed E-state index contributed by atoms with van der Waals surface area (Å²) in [6.07, 6.45) is 0.615. The van der Waals surface area contributed by atoms with E-state index in [4.69, 9.17) is 15.2 Å². The Kier molecular flexibility index (Phi) is 3.37. The Balaban J connectivity index is 2.56. The number of carbonyl (C=O) groups is 3. The SMILES string of the molecule is COc1cc(C=O)cc2c1OCC(=O)N2CC(N)=O. The highest BCUT2D eigenvalue weighted by Crippen LogP contribution is 2.41. The maximum Gasteiger partial charge on any atom is 0.265 e. The molecular weight excluding hydrogens is 252 g/mol. The van der Waals surface area contributed by atoms with Gasteiger partial charge in [-0.15, -0.1) is 0 Å². The van der Waals surface area contributed by atoms with Crippen LogP contribution in [0.3, 0.4) is 0 Å². The lowest BCUT2D eigenvalue weighted by atomic mass is 10.1. The van der Waals surface area contributed by atoms with Crippen LogP contribution in [0, 0.1) is 0 Å². The molecule has 0 bridgehead atoms. The summed E-state index contributed by atoms with van der Waals surface area (Å²) in [5.41, 5.74) is 5.72. The van der Waals surface area contributed by atoms with E-state index < -0.39 is 11.8 Å². The molecule has 0 atom stereocenters. The smallest absolute Gasteiger partial charge is 0.265 e. The van der Waals surface area contributed by atoms with Crippen molar-refractivity contribution in [2.45, 2.75) is 0 Å². The molecule has 0 fully saturated rings. The van der Waals surface area contributed by atoms with Crippen LogP contribution in [-0.2, 0) is 9.59 Å². The molecule has 1 aromatic carbocycles. The van der Waals surface area contributed by atoms with Crippen molar-refractivity contribution < 1.29 is 23.9 Å². The number of anilines is 1. The number of methoxy groups -OCH3 is 1. The van der Waals surface area contributed by atoms with Gasteiger partial charge in [-0.25, -0.2) is 0 Å². The molecule has 0 spiro atoms. The average Bonchev–Trinajstić information content (AvgIpc) is 2.40. The summed E-state index contributed by atoms with van der Waals surface area (Å²) >= 11 is 0. The van der Waals surface area contributed by atoms with Gasteiger partial charge in [0.05, 0.1) is 12.8 Å². The number of ether oxygens (including phenoxy) is 2. The van der Waals surface area contributed by atoms with Crippen molar-refractivity contribution in [2.24, 2.45) is 5.73 Å². The van der Waals surface area contributed by atoms with Crippen LogP contribution in [0.1, 0.15) is 10.4 Å². The van der Waals surface area contributed by atoms with Crippen LogP contribution in [0.4, 0.5) is 5.69 Å². The zero-order valence-electron chi connectivity index (χ0n) is 10.2. The molecule has 1 heterocycles. The van der Waals surface area contributed by atoms with Gasteiger partial charge in [0, 0.05) is 5.56 Å². The normalized spacial score (nSPS) is 13.5. The number of primary amides is 1. The Morgan fingerprint density at radius 3 is 2.89 bits per heavy atom. The van der Waals surface area contributed by atoms with Gasteiger partial charge in [0.2, 0.25) is 5.91 Å². The van der Waals surface area contributed by atoms with E-state index >= 15 is 0 Å². The molecule has 0 saturated heterocycles. The van der Waals surface area contributed by atoms with Crippen molar-refractivity contribution >= 4 is 23.8 Å². The van der Waals surface area contributed by atoms with Gasteiger partial charge in [0.1, 0.15) is 12.8 Å². The topological polar surface area (TPSA) is 98.9 Å². The number of amides is 2. The third-order valence-electron chi connectivity index (χ3n) is 2.66. The molecule has 7 nitrogen and oxygen atoms in total. The Labute approximate surface area is 108 Å². The van der Waals surface area contributed by atoms with E-state index in [0.717, 1.165) is 0 Å². The maximum atomic E-state index is 11.8. The molecule has 0 unspecified atom stereocenters. The number of rotatable bonds is 4. The number of nitrogens with zero attached hydrogens (tertiary/aromatic N) is 1. The lowest BCUT2D eigenvalue weighted by Gasteiger charge is -2.29. The van der Waals surface area contributed by atoms with E-state index in [9.17, 15) is 14.4 Å². The van der Waals surface area contributed by atoms with Crippen LogP contribution in [0.2, 0.25) is 0 Å². The van der Waals surface area contributed by atoms with Gasteiger partial charge in [-0.3, -0.25) is 19.3 Å². The first-order valence-electron chi connectivity index (χ1n) is 5.45. The van der Waals surface area contributed by atoms with Crippen LogP contribution in [0.25, 0.3) is 0 Å². The van der Waals surface area contributed by atoms with E-state index in [1.54, 1.807) is 0 Å². The molecular formula is C12H12N2O5. The number of benzene rings is 1. The zero-order valence-corrected chi connectivity index (χ0v) is 10.2. The van der Waals surface area contributed by atoms with Crippen LogP contribution in [-0.4, -0.2) is 38.4 Å². The molecule has 2 N–H and O–H groups in total. The fourth-order valence-corrected chi connectivity index (χ4v) is 1.85. The summed E-state index contributed by atoms with van der Waals surface area (Å²) in [5, 5.41) is 0. The third kappa shape index (κ3) is 2.35. The minimum atomic E-state index is -0.656. The molecule has 2 amide bonds. The minimum Gasteiger partial charge on any atom is -0.493 e. The third-order valence-corrected chi connectivity index (χ3v) is 2.66. The van der Waals surface area contributed by atoms with Gasteiger partial charge in [-0.05, 0) is 12.1 Å². The molecule has 7 heteroatoms. The van der Waals surface area contributed by atoms with Gasteiger partial charge in [0.25, 0.3) is 5.91 Å². The van der Waals surface area contributed by atoms with E-state index in [1.807, 2.05) is 0 Å². The second kappa shape index (κ2) is 4.97. The van der Waals surface area contributed by atoms with Gasteiger partial charge < -0.3 is 15.2 Å². The fraction of sp³-hybridized carbons (Fsp3) is 0.250. The second-order valence-corrected chi connectivity index (χ2v) is 3.92. The summed E-state index contributed by atoms with van der Waals surface area (Å²) in [6.45, 7) is -0.488. The Morgan fingerprint density at radius 1 is 1.58 bits per heavy atom. The molecule has 0 aliphatic carbocycles. The summed E-state index contributed by atoms with van der Waals surface area (Å²) < 4.78 is 10.4. The maximum absolute atomic E-state index is 11.8. The number of nitrogens with two attached hydrogens (primary N) is 1. The molecule has 0 radical (unpaired) electrons. The van der Waals surface area contributed by atoms with Crippen molar-refractivity contribution in [3.63, 3.8) is 0 Å². The summed E-state index contributed by atoms with van der Waals surface area (Å²) in [6, 6.07) is 2.94. The molecule has 19 heavy (non-hydrogen) atoms. The van der Waals surface area contributed by atoms with Crippen molar-refractivity contribution in [1.29, 1.82) is 0 Å². The monoisotopic (exact) mass is 264 g/mol. The highest BCUT2D eigenvalue weighted by molar-refractivity contribution is 6.03. The molecule has 100 valence electrons. The van der Waals surface area contributed by atoms with Crippen LogP contribution in [0.5, 0.6) is 11.5 Å². The lowest BCUT2D eigenvalue weighted by molar-refractivity contribution is -0.124. The zero-order chi connectivity index (χ0) is 14.0. The van der Waals surface area contributed by atoms with Gasteiger partial charge in [-0.2, -0.15) is 0 Å². The number of fused-ring (bicyclic) bond motifs is 1. The lowest BCUT2D eigenvalue weighted by Crippen LogP contribution is -2.43. The summed E-state index contributed by atoms with van der Waals surface area (Å²) in [7, 11) is 1.42. The second-order valence-electron chi connectivity index (χ2n) is 3.92.